The van der Waals surface area contributed by atoms with Crippen LogP contribution in [0.1, 0.15) is 18.1 Å². The van der Waals surface area contributed by atoms with Gasteiger partial charge in [0.25, 0.3) is 10.0 Å². The molecule has 0 aliphatic carbocycles. The summed E-state index contributed by atoms with van der Waals surface area (Å²) in [6.45, 7) is 2.14. The third-order valence-electron chi connectivity index (χ3n) is 3.86. The van der Waals surface area contributed by atoms with Gasteiger partial charge in [-0.15, -0.1) is 0 Å². The van der Waals surface area contributed by atoms with E-state index in [0.29, 0.717) is 12.2 Å². The Morgan fingerprint density at radius 3 is 2.62 bits per heavy atom. The van der Waals surface area contributed by atoms with Crippen molar-refractivity contribution in [2.24, 2.45) is 0 Å². The highest BCUT2D eigenvalue weighted by atomic mass is 32.2. The molecule has 2 aromatic rings. The number of benzene rings is 2. The molecule has 0 unspecified atom stereocenters. The highest BCUT2D eigenvalue weighted by Gasteiger charge is 2.22. The van der Waals surface area contributed by atoms with E-state index in [0.717, 1.165) is 28.6 Å². The van der Waals surface area contributed by atoms with Crippen LogP contribution >= 0.6 is 0 Å². The first-order valence-corrected chi connectivity index (χ1v) is 9.16. The van der Waals surface area contributed by atoms with E-state index >= 15 is 0 Å². The Balaban J connectivity index is 1.80. The number of rotatable bonds is 4. The quantitative estimate of drug-likeness (QED) is 0.929. The van der Waals surface area contributed by atoms with Crippen molar-refractivity contribution in [3.05, 3.63) is 65.1 Å². The normalized spacial score (nSPS) is 14.0. The molecule has 0 bridgehead atoms. The Hall–Kier alpha value is -2.60. The van der Waals surface area contributed by atoms with Crippen molar-refractivity contribution in [1.29, 1.82) is 0 Å². The summed E-state index contributed by atoms with van der Waals surface area (Å²) in [5.74, 6) is -0.0438. The van der Waals surface area contributed by atoms with E-state index in [-0.39, 0.29) is 5.91 Å². The molecule has 5 nitrogen and oxygen atoms in total. The van der Waals surface area contributed by atoms with Gasteiger partial charge in [0.1, 0.15) is 0 Å². The standard InChI is InChI=1S/C18H18N2O3S/c1-14(21)20-11-9-16-7-8-17(13-18(16)20)19-24(22,23)12-10-15-5-3-2-4-6-15/h2-8,10,12-13,19H,9,11H2,1H3/b12-10+. The maximum atomic E-state index is 12.2. The van der Waals surface area contributed by atoms with E-state index in [1.54, 1.807) is 17.0 Å². The molecule has 24 heavy (non-hydrogen) atoms. The second-order valence-corrected chi connectivity index (χ2v) is 7.19. The summed E-state index contributed by atoms with van der Waals surface area (Å²) >= 11 is 0. The van der Waals surface area contributed by atoms with Gasteiger partial charge in [-0.2, -0.15) is 0 Å². The first-order valence-electron chi connectivity index (χ1n) is 7.62. The summed E-state index contributed by atoms with van der Waals surface area (Å²) in [6, 6.07) is 14.5. The van der Waals surface area contributed by atoms with Gasteiger partial charge in [0, 0.05) is 19.2 Å². The summed E-state index contributed by atoms with van der Waals surface area (Å²) in [5, 5.41) is 1.14. The first-order chi connectivity index (χ1) is 11.4. The number of fused-ring (bicyclic) bond motifs is 1. The molecule has 1 aliphatic heterocycles. The maximum absolute atomic E-state index is 12.2. The van der Waals surface area contributed by atoms with Crippen molar-refractivity contribution < 1.29 is 13.2 Å². The molecule has 2 aromatic carbocycles. The van der Waals surface area contributed by atoms with Crippen LogP contribution < -0.4 is 9.62 Å². The number of carbonyl (C=O) groups is 1. The van der Waals surface area contributed by atoms with Crippen LogP contribution in [0, 0.1) is 0 Å². The Labute approximate surface area is 141 Å². The van der Waals surface area contributed by atoms with Crippen molar-refractivity contribution in [1.82, 2.24) is 0 Å². The molecule has 0 aromatic heterocycles. The largest absolute Gasteiger partial charge is 0.312 e. The molecule has 124 valence electrons. The SMILES string of the molecule is CC(=O)N1CCc2ccc(NS(=O)(=O)/C=C/c3ccccc3)cc21. The van der Waals surface area contributed by atoms with Crippen LogP contribution in [0.3, 0.4) is 0 Å². The molecule has 0 atom stereocenters. The van der Waals surface area contributed by atoms with Gasteiger partial charge in [0.2, 0.25) is 5.91 Å². The van der Waals surface area contributed by atoms with Gasteiger partial charge in [-0.1, -0.05) is 36.4 Å². The zero-order valence-corrected chi connectivity index (χ0v) is 14.1. The van der Waals surface area contributed by atoms with E-state index in [9.17, 15) is 13.2 Å². The van der Waals surface area contributed by atoms with Crippen molar-refractivity contribution in [2.45, 2.75) is 13.3 Å². The zero-order chi connectivity index (χ0) is 17.2. The molecular formula is C18H18N2O3S. The molecule has 6 heteroatoms. The molecule has 1 amide bonds. The monoisotopic (exact) mass is 342 g/mol. The third-order valence-corrected chi connectivity index (χ3v) is 4.87. The lowest BCUT2D eigenvalue weighted by atomic mass is 10.1. The van der Waals surface area contributed by atoms with E-state index in [4.69, 9.17) is 0 Å². The molecule has 1 N–H and O–H groups in total. The molecular weight excluding hydrogens is 324 g/mol. The Morgan fingerprint density at radius 1 is 1.17 bits per heavy atom. The van der Waals surface area contributed by atoms with Crippen molar-refractivity contribution in [3.8, 4) is 0 Å². The van der Waals surface area contributed by atoms with Gasteiger partial charge in [-0.3, -0.25) is 9.52 Å². The molecule has 0 spiro atoms. The summed E-state index contributed by atoms with van der Waals surface area (Å²) in [7, 11) is -3.62. The van der Waals surface area contributed by atoms with Crippen LogP contribution in [-0.2, 0) is 21.2 Å². The predicted octanol–water partition coefficient (Wildman–Crippen LogP) is 3.01. The van der Waals surface area contributed by atoms with Gasteiger partial charge in [0.05, 0.1) is 11.1 Å². The Bertz CT molecular complexity index is 890. The lowest BCUT2D eigenvalue weighted by molar-refractivity contribution is -0.116. The van der Waals surface area contributed by atoms with E-state index in [1.807, 2.05) is 36.4 Å². The second-order valence-electron chi connectivity index (χ2n) is 5.62. The van der Waals surface area contributed by atoms with Crippen LogP contribution in [0.2, 0.25) is 0 Å². The number of hydrogen-bond donors (Lipinski definition) is 1. The van der Waals surface area contributed by atoms with Gasteiger partial charge in [-0.05, 0) is 35.8 Å². The minimum absolute atomic E-state index is 0.0438. The summed E-state index contributed by atoms with van der Waals surface area (Å²) in [5.41, 5.74) is 3.07. The second kappa shape index (κ2) is 6.49. The molecule has 1 heterocycles. The Kier molecular flexibility index (Phi) is 4.40. The zero-order valence-electron chi connectivity index (χ0n) is 13.3. The molecule has 1 aliphatic rings. The number of sulfonamides is 1. The minimum atomic E-state index is -3.62. The van der Waals surface area contributed by atoms with Crippen LogP contribution in [0.25, 0.3) is 6.08 Å². The van der Waals surface area contributed by atoms with Crippen LogP contribution in [0.5, 0.6) is 0 Å². The summed E-state index contributed by atoms with van der Waals surface area (Å²) < 4.78 is 26.9. The van der Waals surface area contributed by atoms with E-state index < -0.39 is 10.0 Å². The van der Waals surface area contributed by atoms with Crippen molar-refractivity contribution in [3.63, 3.8) is 0 Å². The number of nitrogens with one attached hydrogen (secondary N) is 1. The lowest BCUT2D eigenvalue weighted by Crippen LogP contribution is -2.25. The highest BCUT2D eigenvalue weighted by molar-refractivity contribution is 7.95. The van der Waals surface area contributed by atoms with Gasteiger partial charge < -0.3 is 4.90 Å². The molecule has 0 saturated carbocycles. The summed E-state index contributed by atoms with van der Waals surface area (Å²) in [6.07, 6.45) is 2.33. The number of hydrogen-bond acceptors (Lipinski definition) is 3. The smallest absolute Gasteiger partial charge is 0.255 e. The average molecular weight is 342 g/mol. The maximum Gasteiger partial charge on any atom is 0.255 e. The van der Waals surface area contributed by atoms with Gasteiger partial charge in [-0.25, -0.2) is 8.42 Å². The predicted molar refractivity (Wildman–Crippen MR) is 96.2 cm³/mol. The van der Waals surface area contributed by atoms with Crippen molar-refractivity contribution >= 4 is 33.4 Å². The van der Waals surface area contributed by atoms with Gasteiger partial charge in [0.15, 0.2) is 0 Å². The minimum Gasteiger partial charge on any atom is -0.312 e. The lowest BCUT2D eigenvalue weighted by Gasteiger charge is -2.15. The van der Waals surface area contributed by atoms with Crippen LogP contribution in [-0.4, -0.2) is 20.9 Å². The molecule has 0 fully saturated rings. The number of nitrogens with zero attached hydrogens (tertiary/aromatic N) is 1. The summed E-state index contributed by atoms with van der Waals surface area (Å²) in [4.78, 5) is 13.3. The van der Waals surface area contributed by atoms with E-state index in [1.165, 1.54) is 13.0 Å². The average Bonchev–Trinajstić information content (AvgIpc) is 2.97. The fourth-order valence-corrected chi connectivity index (χ4v) is 3.56. The Morgan fingerprint density at radius 2 is 1.92 bits per heavy atom. The number of amides is 1. The fourth-order valence-electron chi connectivity index (χ4n) is 2.70. The van der Waals surface area contributed by atoms with Gasteiger partial charge >= 0.3 is 0 Å². The van der Waals surface area contributed by atoms with Crippen LogP contribution in [0.15, 0.2) is 53.9 Å². The third kappa shape index (κ3) is 3.65. The molecule has 3 rings (SSSR count). The first kappa shape index (κ1) is 16.3. The van der Waals surface area contributed by atoms with Crippen LogP contribution in [0.4, 0.5) is 11.4 Å². The van der Waals surface area contributed by atoms with Crippen molar-refractivity contribution in [2.75, 3.05) is 16.2 Å². The van der Waals surface area contributed by atoms with E-state index in [2.05, 4.69) is 4.72 Å². The molecule has 0 saturated heterocycles. The molecule has 0 radical (unpaired) electrons. The topological polar surface area (TPSA) is 66.5 Å². The highest BCUT2D eigenvalue weighted by Crippen LogP contribution is 2.31. The fraction of sp³-hybridized carbons (Fsp3) is 0.167. The number of anilines is 2. The number of carbonyl (C=O) groups excluding carboxylic acids is 1.